The lowest BCUT2D eigenvalue weighted by Crippen LogP contribution is -2.30. The third kappa shape index (κ3) is 4.43. The van der Waals surface area contributed by atoms with Crippen molar-refractivity contribution in [2.45, 2.75) is 13.2 Å². The van der Waals surface area contributed by atoms with Crippen molar-refractivity contribution in [3.63, 3.8) is 0 Å². The van der Waals surface area contributed by atoms with Gasteiger partial charge in [0.05, 0.1) is 24.4 Å². The summed E-state index contributed by atoms with van der Waals surface area (Å²) in [6.45, 7) is 0.106. The van der Waals surface area contributed by atoms with Crippen LogP contribution in [0.3, 0.4) is 0 Å². The van der Waals surface area contributed by atoms with Gasteiger partial charge in [0.2, 0.25) is 0 Å². The molecule has 0 spiro atoms. The van der Waals surface area contributed by atoms with Gasteiger partial charge in [-0.25, -0.2) is 0 Å². The van der Waals surface area contributed by atoms with Gasteiger partial charge in [-0.05, 0) is 42.0 Å². The number of aliphatic hydroxyl groups excluding tert-OH is 1. The number of carbonyl (C=O) groups excluding carboxylic acids is 1. The number of pyridine rings is 2. The Labute approximate surface area is 184 Å². The number of carbonyl (C=O) groups is 1. The van der Waals surface area contributed by atoms with Crippen LogP contribution in [0.5, 0.6) is 11.5 Å². The Morgan fingerprint density at radius 1 is 0.938 bits per heavy atom. The van der Waals surface area contributed by atoms with Crippen molar-refractivity contribution in [2.24, 2.45) is 0 Å². The van der Waals surface area contributed by atoms with Crippen LogP contribution in [0.2, 0.25) is 0 Å². The second kappa shape index (κ2) is 9.28. The van der Waals surface area contributed by atoms with E-state index in [0.717, 1.165) is 17.2 Å². The number of aliphatic hydroxyl groups is 1. The van der Waals surface area contributed by atoms with Gasteiger partial charge >= 0.3 is 0 Å². The molecule has 4 aromatic rings. The predicted octanol–water partition coefficient (Wildman–Crippen LogP) is 3.89. The van der Waals surface area contributed by atoms with Gasteiger partial charge in [-0.15, -0.1) is 0 Å². The molecule has 0 aliphatic heterocycles. The molecular weight excluding hydrogens is 406 g/mol. The fourth-order valence-corrected chi connectivity index (χ4v) is 3.43. The lowest BCUT2D eigenvalue weighted by atomic mass is 10.0. The molecule has 0 radical (unpaired) electrons. The van der Waals surface area contributed by atoms with Crippen LogP contribution in [0.25, 0.3) is 11.3 Å². The minimum Gasteiger partial charge on any atom is -0.508 e. The number of nitrogens with zero attached hydrogens (tertiary/aromatic N) is 3. The largest absolute Gasteiger partial charge is 0.508 e. The number of benzene rings is 2. The van der Waals surface area contributed by atoms with E-state index in [1.165, 1.54) is 17.0 Å². The molecule has 7 nitrogen and oxygen atoms in total. The number of aromatic hydroxyl groups is 2. The lowest BCUT2D eigenvalue weighted by Gasteiger charge is -2.24. The van der Waals surface area contributed by atoms with E-state index in [9.17, 15) is 20.1 Å². The highest BCUT2D eigenvalue weighted by Crippen LogP contribution is 2.29. The van der Waals surface area contributed by atoms with Crippen LogP contribution in [0.1, 0.15) is 21.5 Å². The van der Waals surface area contributed by atoms with E-state index < -0.39 is 5.91 Å². The second-order valence-corrected chi connectivity index (χ2v) is 7.17. The molecule has 0 saturated heterocycles. The smallest absolute Gasteiger partial charge is 0.262 e. The summed E-state index contributed by atoms with van der Waals surface area (Å²) in [4.78, 5) is 23.4. The fourth-order valence-electron chi connectivity index (χ4n) is 3.43. The third-order valence-corrected chi connectivity index (χ3v) is 5.03. The van der Waals surface area contributed by atoms with Crippen molar-refractivity contribution in [3.05, 3.63) is 102 Å². The Morgan fingerprint density at radius 2 is 1.72 bits per heavy atom. The number of rotatable bonds is 6. The van der Waals surface area contributed by atoms with Crippen molar-refractivity contribution < 1.29 is 20.1 Å². The highest BCUT2D eigenvalue weighted by molar-refractivity contribution is 6.08. The number of anilines is 1. The Morgan fingerprint density at radius 3 is 2.41 bits per heavy atom. The highest BCUT2D eigenvalue weighted by Gasteiger charge is 2.22. The Balaban J connectivity index is 1.72. The van der Waals surface area contributed by atoms with Crippen molar-refractivity contribution >= 4 is 11.6 Å². The second-order valence-electron chi connectivity index (χ2n) is 7.17. The van der Waals surface area contributed by atoms with Gasteiger partial charge in [-0.1, -0.05) is 24.3 Å². The maximum absolute atomic E-state index is 13.4. The SMILES string of the molecule is O=C(c1ccc(O)cc1O)N(Cc1cccnc1)c1ccc(-c2ncccc2CO)cc1. The van der Waals surface area contributed by atoms with Gasteiger partial charge in [0.25, 0.3) is 5.91 Å². The zero-order valence-electron chi connectivity index (χ0n) is 17.1. The molecule has 2 heterocycles. The van der Waals surface area contributed by atoms with Crippen LogP contribution >= 0.6 is 0 Å². The van der Waals surface area contributed by atoms with Crippen molar-refractivity contribution in [1.29, 1.82) is 0 Å². The molecule has 2 aromatic carbocycles. The standard InChI is InChI=1S/C25H21N3O4/c29-16-19-4-2-12-27-24(19)18-5-7-20(8-6-18)28(15-17-3-1-11-26-14-17)25(32)22-10-9-21(30)13-23(22)31/h1-14,29-31H,15-16H2. The number of phenols is 2. The van der Waals surface area contributed by atoms with Crippen LogP contribution in [0.15, 0.2) is 85.3 Å². The summed E-state index contributed by atoms with van der Waals surface area (Å²) in [5.41, 5.74) is 3.68. The van der Waals surface area contributed by atoms with Crippen molar-refractivity contribution in [3.8, 4) is 22.8 Å². The van der Waals surface area contributed by atoms with E-state index in [1.54, 1.807) is 42.9 Å². The first-order valence-corrected chi connectivity index (χ1v) is 9.95. The van der Waals surface area contributed by atoms with Crippen LogP contribution in [0.4, 0.5) is 5.69 Å². The summed E-state index contributed by atoms with van der Waals surface area (Å²) < 4.78 is 0. The maximum Gasteiger partial charge on any atom is 0.262 e. The first-order valence-electron chi connectivity index (χ1n) is 9.95. The van der Waals surface area contributed by atoms with E-state index in [2.05, 4.69) is 9.97 Å². The molecule has 1 amide bonds. The molecule has 0 aliphatic carbocycles. The third-order valence-electron chi connectivity index (χ3n) is 5.03. The monoisotopic (exact) mass is 427 g/mol. The fraction of sp³-hybridized carbons (Fsp3) is 0.0800. The van der Waals surface area contributed by atoms with Gasteiger partial charge in [-0.2, -0.15) is 0 Å². The molecule has 0 fully saturated rings. The van der Waals surface area contributed by atoms with Crippen LogP contribution in [-0.2, 0) is 13.2 Å². The predicted molar refractivity (Wildman–Crippen MR) is 120 cm³/mol. The molecule has 4 rings (SSSR count). The number of aromatic nitrogens is 2. The summed E-state index contributed by atoms with van der Waals surface area (Å²) >= 11 is 0. The topological polar surface area (TPSA) is 107 Å². The Kier molecular flexibility index (Phi) is 6.10. The first-order chi connectivity index (χ1) is 15.6. The molecule has 7 heteroatoms. The molecular formula is C25H21N3O4. The Bertz CT molecular complexity index is 1230. The molecule has 0 aliphatic rings. The molecule has 3 N–H and O–H groups in total. The van der Waals surface area contributed by atoms with Gasteiger partial charge < -0.3 is 20.2 Å². The minimum atomic E-state index is -0.423. The average molecular weight is 427 g/mol. The minimum absolute atomic E-state index is 0.0723. The van der Waals surface area contributed by atoms with Crippen LogP contribution in [0, 0.1) is 0 Å². The molecule has 0 saturated carbocycles. The number of amides is 1. The molecule has 0 unspecified atom stereocenters. The Hall–Kier alpha value is -4.23. The summed E-state index contributed by atoms with van der Waals surface area (Å²) in [6.07, 6.45) is 4.99. The van der Waals surface area contributed by atoms with Crippen LogP contribution < -0.4 is 4.90 Å². The normalized spacial score (nSPS) is 10.7. The van der Waals surface area contributed by atoms with Crippen LogP contribution in [-0.4, -0.2) is 31.2 Å². The molecule has 2 aromatic heterocycles. The van der Waals surface area contributed by atoms with E-state index in [4.69, 9.17) is 0 Å². The van der Waals surface area contributed by atoms with E-state index in [1.807, 2.05) is 24.3 Å². The van der Waals surface area contributed by atoms with Crippen molar-refractivity contribution in [1.82, 2.24) is 9.97 Å². The van der Waals surface area contributed by atoms with Gasteiger partial charge in [-0.3, -0.25) is 14.8 Å². The van der Waals surface area contributed by atoms with Gasteiger partial charge in [0.1, 0.15) is 11.5 Å². The number of hydrogen-bond donors (Lipinski definition) is 3. The number of hydrogen-bond acceptors (Lipinski definition) is 6. The summed E-state index contributed by atoms with van der Waals surface area (Å²) in [6, 6.07) is 18.3. The molecule has 0 bridgehead atoms. The summed E-state index contributed by atoms with van der Waals surface area (Å²) in [5, 5.41) is 29.4. The quantitative estimate of drug-likeness (QED) is 0.431. The zero-order valence-corrected chi connectivity index (χ0v) is 17.1. The maximum atomic E-state index is 13.4. The van der Waals surface area contributed by atoms with Gasteiger partial charge in [0, 0.05) is 41.5 Å². The molecule has 32 heavy (non-hydrogen) atoms. The molecule has 0 atom stereocenters. The lowest BCUT2D eigenvalue weighted by molar-refractivity contribution is 0.0982. The number of phenolic OH excluding ortho intramolecular Hbond substituents is 2. The van der Waals surface area contributed by atoms with E-state index in [0.29, 0.717) is 16.9 Å². The zero-order chi connectivity index (χ0) is 22.5. The molecule has 160 valence electrons. The van der Waals surface area contributed by atoms with Gasteiger partial charge in [0.15, 0.2) is 0 Å². The summed E-state index contributed by atoms with van der Waals surface area (Å²) in [5.74, 6) is -0.853. The highest BCUT2D eigenvalue weighted by atomic mass is 16.3. The summed E-state index contributed by atoms with van der Waals surface area (Å²) in [7, 11) is 0. The van der Waals surface area contributed by atoms with E-state index >= 15 is 0 Å². The first kappa shape index (κ1) is 21.0. The average Bonchev–Trinajstić information content (AvgIpc) is 2.83. The van der Waals surface area contributed by atoms with E-state index in [-0.39, 0.29) is 30.2 Å². The van der Waals surface area contributed by atoms with Crippen molar-refractivity contribution in [2.75, 3.05) is 4.90 Å².